The zero-order valence-electron chi connectivity index (χ0n) is 6.79. The van der Waals surface area contributed by atoms with Gasteiger partial charge in [-0.15, -0.1) is 0 Å². The Kier molecular flexibility index (Phi) is 6.36. The lowest BCUT2D eigenvalue weighted by molar-refractivity contribution is -0.123. The highest BCUT2D eigenvalue weighted by Crippen LogP contribution is 2.29. The number of carbonyl (C=O) groups is 1. The number of nitrogens with one attached hydrogen (secondary N) is 1. The van der Waals surface area contributed by atoms with Crippen molar-refractivity contribution in [3.8, 4) is 0 Å². The van der Waals surface area contributed by atoms with Gasteiger partial charge in [-0.1, -0.05) is 0 Å². The van der Waals surface area contributed by atoms with E-state index in [9.17, 15) is 4.79 Å². The van der Waals surface area contributed by atoms with Crippen LogP contribution in [0.4, 0.5) is 0 Å². The van der Waals surface area contributed by atoms with Crippen molar-refractivity contribution in [3.05, 3.63) is 0 Å². The topological polar surface area (TPSA) is 56.8 Å². The number of hydrogen-bond acceptors (Lipinski definition) is 4. The summed E-state index contributed by atoms with van der Waals surface area (Å²) < 4.78 is 14.1. The number of rotatable bonds is 5. The summed E-state index contributed by atoms with van der Waals surface area (Å²) in [5.74, 6) is -0.248. The molecule has 0 aliphatic carbocycles. The Balaban J connectivity index is 3.54. The fraction of sp³-hybridized carbons (Fsp3) is 0.800. The zero-order valence-corrected chi connectivity index (χ0v) is 7.68. The van der Waals surface area contributed by atoms with Crippen molar-refractivity contribution >= 4 is 14.4 Å². The van der Waals surface area contributed by atoms with E-state index in [1.54, 1.807) is 0 Å². The molecule has 0 aliphatic rings. The van der Waals surface area contributed by atoms with Gasteiger partial charge in [0.05, 0.1) is 0 Å². The minimum Gasteiger partial charge on any atom is -0.375 e. The Bertz CT molecular complexity index is 117. The maximum Gasteiger partial charge on any atom is 0.288 e. The second-order valence-corrected chi connectivity index (χ2v) is 3.06. The maximum atomic E-state index is 10.8. The van der Waals surface area contributed by atoms with Gasteiger partial charge in [0, 0.05) is 21.3 Å². The Morgan fingerprint density at radius 1 is 1.36 bits per heavy atom. The van der Waals surface area contributed by atoms with Crippen LogP contribution < -0.4 is 5.09 Å². The minimum atomic E-state index is -1.29. The molecule has 1 amide bonds. The molecule has 0 unspecified atom stereocenters. The van der Waals surface area contributed by atoms with Crippen LogP contribution in [-0.4, -0.2) is 33.8 Å². The summed E-state index contributed by atoms with van der Waals surface area (Å²) >= 11 is 0. The van der Waals surface area contributed by atoms with Crippen LogP contribution >= 0.6 is 8.53 Å². The van der Waals surface area contributed by atoms with Crippen LogP contribution in [0.15, 0.2) is 0 Å². The van der Waals surface area contributed by atoms with Gasteiger partial charge in [-0.25, -0.2) is 0 Å². The molecule has 66 valence electrons. The van der Waals surface area contributed by atoms with Crippen LogP contribution in [0, 0.1) is 0 Å². The van der Waals surface area contributed by atoms with Crippen molar-refractivity contribution in [1.82, 2.24) is 5.09 Å². The molecular weight excluding hydrogens is 169 g/mol. The molecule has 0 aromatic carbocycles. The molecular formula is C5H12NO4P. The fourth-order valence-corrected chi connectivity index (χ4v) is 1.03. The molecule has 0 rings (SSSR count). The van der Waals surface area contributed by atoms with Gasteiger partial charge in [-0.05, 0) is 0 Å². The Morgan fingerprint density at radius 2 is 1.91 bits per heavy atom. The van der Waals surface area contributed by atoms with Crippen LogP contribution in [-0.2, 0) is 18.6 Å². The van der Waals surface area contributed by atoms with Crippen molar-refractivity contribution in [1.29, 1.82) is 0 Å². The van der Waals surface area contributed by atoms with Crippen molar-refractivity contribution < 1.29 is 18.6 Å². The number of amides is 1. The molecule has 0 atom stereocenters. The largest absolute Gasteiger partial charge is 0.375 e. The molecule has 0 aromatic heterocycles. The second kappa shape index (κ2) is 6.49. The molecule has 0 heterocycles. The highest BCUT2D eigenvalue weighted by Gasteiger charge is 2.10. The van der Waals surface area contributed by atoms with Gasteiger partial charge in [0.25, 0.3) is 14.4 Å². The molecule has 0 fully saturated rings. The Hall–Kier alpha value is -0.220. The van der Waals surface area contributed by atoms with Gasteiger partial charge < -0.3 is 13.8 Å². The smallest absolute Gasteiger partial charge is 0.288 e. The molecule has 6 heteroatoms. The van der Waals surface area contributed by atoms with Gasteiger partial charge in [0.1, 0.15) is 6.61 Å². The summed E-state index contributed by atoms with van der Waals surface area (Å²) in [6.07, 6.45) is 0. The van der Waals surface area contributed by atoms with Gasteiger partial charge >= 0.3 is 0 Å². The Labute approximate surface area is 67.0 Å². The first-order valence-corrected chi connectivity index (χ1v) is 4.09. The number of hydrogen-bond donors (Lipinski definition) is 1. The van der Waals surface area contributed by atoms with E-state index in [1.165, 1.54) is 21.3 Å². The summed E-state index contributed by atoms with van der Waals surface area (Å²) in [6.45, 7) is 0.0194. The van der Waals surface area contributed by atoms with Gasteiger partial charge in [-0.2, -0.15) is 0 Å². The number of methoxy groups -OCH3 is 1. The maximum absolute atomic E-state index is 10.8. The minimum absolute atomic E-state index is 0.0194. The van der Waals surface area contributed by atoms with Crippen LogP contribution in [0.3, 0.4) is 0 Å². The van der Waals surface area contributed by atoms with E-state index in [2.05, 4.69) is 9.82 Å². The zero-order chi connectivity index (χ0) is 8.69. The number of ether oxygens (including phenoxy) is 1. The molecule has 5 nitrogen and oxygen atoms in total. The first kappa shape index (κ1) is 10.8. The monoisotopic (exact) mass is 181 g/mol. The summed E-state index contributed by atoms with van der Waals surface area (Å²) in [5, 5.41) is 2.47. The van der Waals surface area contributed by atoms with E-state index in [-0.39, 0.29) is 12.5 Å². The van der Waals surface area contributed by atoms with Crippen LogP contribution in [0.1, 0.15) is 0 Å². The van der Waals surface area contributed by atoms with Crippen LogP contribution in [0.2, 0.25) is 0 Å². The van der Waals surface area contributed by atoms with Crippen molar-refractivity contribution in [2.24, 2.45) is 0 Å². The lowest BCUT2D eigenvalue weighted by Gasteiger charge is -2.11. The SMILES string of the molecule is COCC(=O)NP(OC)OC. The molecule has 1 N–H and O–H groups in total. The molecule has 11 heavy (non-hydrogen) atoms. The molecule has 0 aromatic rings. The van der Waals surface area contributed by atoms with E-state index in [4.69, 9.17) is 9.05 Å². The molecule has 0 spiro atoms. The predicted molar refractivity (Wildman–Crippen MR) is 41.0 cm³/mol. The third-order valence-corrected chi connectivity index (χ3v) is 1.92. The highest BCUT2D eigenvalue weighted by atomic mass is 31.2. The average Bonchev–Trinajstić information content (AvgIpc) is 2.01. The summed E-state index contributed by atoms with van der Waals surface area (Å²) in [4.78, 5) is 10.8. The normalized spacial score (nSPS) is 10.2. The van der Waals surface area contributed by atoms with E-state index in [0.29, 0.717) is 0 Å². The van der Waals surface area contributed by atoms with E-state index in [0.717, 1.165) is 0 Å². The van der Waals surface area contributed by atoms with Crippen LogP contribution in [0.25, 0.3) is 0 Å². The van der Waals surface area contributed by atoms with Gasteiger partial charge in [0.15, 0.2) is 0 Å². The van der Waals surface area contributed by atoms with Gasteiger partial charge in [-0.3, -0.25) is 9.88 Å². The van der Waals surface area contributed by atoms with Crippen LogP contribution in [0.5, 0.6) is 0 Å². The summed E-state index contributed by atoms with van der Waals surface area (Å²) in [7, 11) is 3.08. The van der Waals surface area contributed by atoms with Crippen molar-refractivity contribution in [2.75, 3.05) is 27.9 Å². The second-order valence-electron chi connectivity index (χ2n) is 1.59. The molecule has 0 saturated carbocycles. The number of carbonyl (C=O) groups excluding carboxylic acids is 1. The average molecular weight is 181 g/mol. The fourth-order valence-electron chi connectivity index (χ4n) is 0.431. The third kappa shape index (κ3) is 5.09. The van der Waals surface area contributed by atoms with Crippen molar-refractivity contribution in [3.63, 3.8) is 0 Å². The molecule has 0 aliphatic heterocycles. The first-order valence-electron chi connectivity index (χ1n) is 2.91. The summed E-state index contributed by atoms with van der Waals surface area (Å²) in [6, 6.07) is 0. The standard InChI is InChI=1S/C5H12NO4P/c1-8-4-5(7)6-11(9-2)10-3/h4H2,1-3H3,(H,6,7). The van der Waals surface area contributed by atoms with E-state index >= 15 is 0 Å². The lowest BCUT2D eigenvalue weighted by atomic mass is 10.7. The quantitative estimate of drug-likeness (QED) is 0.618. The lowest BCUT2D eigenvalue weighted by Crippen LogP contribution is -2.23. The predicted octanol–water partition coefficient (Wildman–Crippen LogP) is 0.269. The Morgan fingerprint density at radius 3 is 2.27 bits per heavy atom. The third-order valence-electron chi connectivity index (χ3n) is 0.823. The highest BCUT2D eigenvalue weighted by molar-refractivity contribution is 7.45. The van der Waals surface area contributed by atoms with E-state index in [1.807, 2.05) is 0 Å². The molecule has 0 bridgehead atoms. The first-order chi connectivity index (χ1) is 5.24. The van der Waals surface area contributed by atoms with Gasteiger partial charge in [0.2, 0.25) is 0 Å². The van der Waals surface area contributed by atoms with Crippen molar-refractivity contribution in [2.45, 2.75) is 0 Å². The molecule has 0 saturated heterocycles. The van der Waals surface area contributed by atoms with E-state index < -0.39 is 8.53 Å². The molecule has 0 radical (unpaired) electrons. The summed E-state index contributed by atoms with van der Waals surface area (Å²) in [5.41, 5.74) is 0.